The largest absolute Gasteiger partial charge is 0.456 e. The number of hydrogen-bond acceptors (Lipinski definition) is 5. The van der Waals surface area contributed by atoms with Gasteiger partial charge in [0, 0.05) is 38.9 Å². The van der Waals surface area contributed by atoms with Gasteiger partial charge < -0.3 is 4.42 Å². The Morgan fingerprint density at radius 2 is 1.02 bits per heavy atom. The molecule has 0 saturated carbocycles. The SMILES string of the molecule is CC1(C)c2ccccc2-c2ccc(-c3nc(-c4ccc5c(c4)oc4cc6c(cc45)C(C)(C)c4ccccc4-6)nc(-c4ccccn4)n3)cc21. The average molecular weight is 633 g/mol. The van der Waals surface area contributed by atoms with Crippen molar-refractivity contribution in [1.82, 2.24) is 19.9 Å². The van der Waals surface area contributed by atoms with Crippen LogP contribution >= 0.6 is 0 Å². The Labute approximate surface area is 284 Å². The fourth-order valence-corrected chi connectivity index (χ4v) is 8.20. The highest BCUT2D eigenvalue weighted by Gasteiger charge is 2.37. The molecule has 0 atom stereocenters. The number of aromatic nitrogens is 4. The highest BCUT2D eigenvalue weighted by atomic mass is 16.3. The van der Waals surface area contributed by atoms with Gasteiger partial charge in [-0.2, -0.15) is 0 Å². The van der Waals surface area contributed by atoms with Gasteiger partial charge in [0.15, 0.2) is 17.5 Å². The maximum Gasteiger partial charge on any atom is 0.182 e. The molecule has 5 heteroatoms. The number of nitrogens with zero attached hydrogens (tertiary/aromatic N) is 4. The van der Waals surface area contributed by atoms with Crippen LogP contribution in [0.25, 0.3) is 78.5 Å². The van der Waals surface area contributed by atoms with Crippen LogP contribution in [-0.4, -0.2) is 19.9 Å². The smallest absolute Gasteiger partial charge is 0.182 e. The molecule has 0 radical (unpaired) electrons. The van der Waals surface area contributed by atoms with Crippen LogP contribution in [0.1, 0.15) is 49.9 Å². The average Bonchev–Trinajstić information content (AvgIpc) is 3.69. The molecule has 10 rings (SSSR count). The molecular formula is C44H32N4O. The fraction of sp³-hybridized carbons (Fsp3) is 0.136. The van der Waals surface area contributed by atoms with Gasteiger partial charge in [-0.15, -0.1) is 0 Å². The molecule has 0 saturated heterocycles. The molecule has 0 bridgehead atoms. The van der Waals surface area contributed by atoms with Crippen LogP contribution in [0, 0.1) is 0 Å². The quantitative estimate of drug-likeness (QED) is 0.194. The van der Waals surface area contributed by atoms with E-state index in [2.05, 4.69) is 130 Å². The first-order chi connectivity index (χ1) is 23.8. The zero-order valence-corrected chi connectivity index (χ0v) is 27.7. The predicted molar refractivity (Wildman–Crippen MR) is 196 cm³/mol. The highest BCUT2D eigenvalue weighted by Crippen LogP contribution is 2.51. The van der Waals surface area contributed by atoms with Gasteiger partial charge in [0.1, 0.15) is 16.9 Å². The van der Waals surface area contributed by atoms with Gasteiger partial charge in [-0.1, -0.05) is 100 Å². The first-order valence-corrected chi connectivity index (χ1v) is 16.8. The van der Waals surface area contributed by atoms with E-state index < -0.39 is 0 Å². The second-order valence-corrected chi connectivity index (χ2v) is 14.3. The molecule has 5 aromatic carbocycles. The lowest BCUT2D eigenvalue weighted by Crippen LogP contribution is -2.15. The molecule has 3 heterocycles. The van der Waals surface area contributed by atoms with E-state index in [1.807, 2.05) is 18.2 Å². The van der Waals surface area contributed by atoms with E-state index >= 15 is 0 Å². The van der Waals surface area contributed by atoms with Crippen molar-refractivity contribution in [2.24, 2.45) is 0 Å². The van der Waals surface area contributed by atoms with Gasteiger partial charge >= 0.3 is 0 Å². The van der Waals surface area contributed by atoms with E-state index in [0.717, 1.165) is 33.1 Å². The third-order valence-corrected chi connectivity index (χ3v) is 10.8. The summed E-state index contributed by atoms with van der Waals surface area (Å²) in [6, 6.07) is 40.6. The van der Waals surface area contributed by atoms with Gasteiger partial charge in [-0.05, 0) is 87.0 Å². The summed E-state index contributed by atoms with van der Waals surface area (Å²) in [7, 11) is 0. The molecule has 0 aliphatic heterocycles. The Hall–Kier alpha value is -5.94. The van der Waals surface area contributed by atoms with E-state index in [1.54, 1.807) is 6.20 Å². The van der Waals surface area contributed by atoms with Crippen molar-refractivity contribution in [2.75, 3.05) is 0 Å². The summed E-state index contributed by atoms with van der Waals surface area (Å²) in [5, 5.41) is 2.20. The zero-order valence-electron chi connectivity index (χ0n) is 27.7. The Balaban J connectivity index is 1.12. The lowest BCUT2D eigenvalue weighted by molar-refractivity contribution is 0.658. The lowest BCUT2D eigenvalue weighted by Gasteiger charge is -2.21. The zero-order chi connectivity index (χ0) is 33.1. The number of pyridine rings is 1. The normalized spacial score (nSPS) is 14.9. The van der Waals surface area contributed by atoms with Crippen molar-refractivity contribution in [3.8, 4) is 56.5 Å². The number of rotatable bonds is 3. The second kappa shape index (κ2) is 9.80. The highest BCUT2D eigenvalue weighted by molar-refractivity contribution is 6.08. The van der Waals surface area contributed by atoms with Crippen molar-refractivity contribution in [1.29, 1.82) is 0 Å². The third-order valence-electron chi connectivity index (χ3n) is 10.8. The molecule has 2 aliphatic carbocycles. The van der Waals surface area contributed by atoms with Crippen molar-refractivity contribution in [3.63, 3.8) is 0 Å². The monoisotopic (exact) mass is 632 g/mol. The van der Waals surface area contributed by atoms with Crippen molar-refractivity contribution in [3.05, 3.63) is 144 Å². The molecule has 0 spiro atoms. The van der Waals surface area contributed by atoms with E-state index in [0.29, 0.717) is 23.2 Å². The van der Waals surface area contributed by atoms with Crippen molar-refractivity contribution >= 4 is 21.9 Å². The lowest BCUT2D eigenvalue weighted by atomic mass is 9.82. The van der Waals surface area contributed by atoms with Crippen molar-refractivity contribution < 1.29 is 4.42 Å². The number of benzene rings is 5. The van der Waals surface area contributed by atoms with Gasteiger partial charge in [0.2, 0.25) is 0 Å². The Bertz CT molecular complexity index is 2670. The van der Waals surface area contributed by atoms with Gasteiger partial charge in [0.25, 0.3) is 0 Å². The molecule has 0 unspecified atom stereocenters. The molecule has 0 fully saturated rings. The minimum absolute atomic E-state index is 0.0810. The Kier molecular flexibility index (Phi) is 5.62. The minimum Gasteiger partial charge on any atom is -0.456 e. The molecule has 234 valence electrons. The standard InChI is InChI=1S/C44H32N4O/c1-43(2)33-13-7-5-11-27(33)29-18-16-25(21-35(29)43)40-46-41(48-42(47-40)37-15-9-10-20-45-37)26-17-19-30-32-23-36-31(24-39(32)49-38(30)22-26)28-12-6-8-14-34(28)44(36,3)4/h5-24H,1-4H3. The first-order valence-electron chi connectivity index (χ1n) is 16.8. The topological polar surface area (TPSA) is 64.7 Å². The molecule has 3 aromatic heterocycles. The summed E-state index contributed by atoms with van der Waals surface area (Å²) >= 11 is 0. The molecule has 2 aliphatic rings. The Morgan fingerprint density at radius 1 is 0.449 bits per heavy atom. The van der Waals surface area contributed by atoms with Crippen LogP contribution in [0.4, 0.5) is 0 Å². The van der Waals surface area contributed by atoms with Crippen LogP contribution in [-0.2, 0) is 10.8 Å². The minimum atomic E-state index is -0.133. The fourth-order valence-electron chi connectivity index (χ4n) is 8.20. The van der Waals surface area contributed by atoms with Gasteiger partial charge in [-0.25, -0.2) is 15.0 Å². The summed E-state index contributed by atoms with van der Waals surface area (Å²) in [6.07, 6.45) is 1.77. The number of hydrogen-bond donors (Lipinski definition) is 0. The molecule has 5 nitrogen and oxygen atoms in total. The molecule has 49 heavy (non-hydrogen) atoms. The van der Waals surface area contributed by atoms with E-state index in [9.17, 15) is 0 Å². The third kappa shape index (κ3) is 3.99. The number of furan rings is 1. The van der Waals surface area contributed by atoms with E-state index in [1.165, 1.54) is 44.5 Å². The summed E-state index contributed by atoms with van der Waals surface area (Å²) < 4.78 is 6.57. The second-order valence-electron chi connectivity index (χ2n) is 14.3. The summed E-state index contributed by atoms with van der Waals surface area (Å²) in [5.41, 5.74) is 14.3. The summed E-state index contributed by atoms with van der Waals surface area (Å²) in [4.78, 5) is 19.6. The van der Waals surface area contributed by atoms with Crippen molar-refractivity contribution in [2.45, 2.75) is 38.5 Å². The van der Waals surface area contributed by atoms with Crippen LogP contribution in [0.15, 0.2) is 126 Å². The van der Waals surface area contributed by atoms with Crippen LogP contribution in [0.3, 0.4) is 0 Å². The van der Waals surface area contributed by atoms with Crippen LogP contribution < -0.4 is 0 Å². The summed E-state index contributed by atoms with van der Waals surface area (Å²) in [6.45, 7) is 9.19. The first kappa shape index (κ1) is 28.1. The Morgan fingerprint density at radius 3 is 1.73 bits per heavy atom. The molecule has 0 amide bonds. The number of fused-ring (bicyclic) bond motifs is 9. The van der Waals surface area contributed by atoms with E-state index in [-0.39, 0.29) is 10.8 Å². The van der Waals surface area contributed by atoms with Gasteiger partial charge in [-0.3, -0.25) is 4.98 Å². The van der Waals surface area contributed by atoms with Gasteiger partial charge in [0.05, 0.1) is 0 Å². The summed E-state index contributed by atoms with van der Waals surface area (Å²) in [5.74, 6) is 1.72. The maximum atomic E-state index is 6.57. The molecular weight excluding hydrogens is 601 g/mol. The molecule has 0 N–H and O–H groups in total. The molecule has 8 aromatic rings. The maximum absolute atomic E-state index is 6.57. The van der Waals surface area contributed by atoms with Crippen LogP contribution in [0.2, 0.25) is 0 Å². The van der Waals surface area contributed by atoms with Crippen LogP contribution in [0.5, 0.6) is 0 Å². The predicted octanol–water partition coefficient (Wildman–Crippen LogP) is 10.8. The van der Waals surface area contributed by atoms with E-state index in [4.69, 9.17) is 19.4 Å².